The van der Waals surface area contributed by atoms with Crippen LogP contribution >= 0.6 is 24.0 Å². The molecule has 0 aromatic carbocycles. The molecular weight excluding hydrogens is 491 g/mol. The van der Waals surface area contributed by atoms with E-state index in [-0.39, 0.29) is 24.0 Å². The van der Waals surface area contributed by atoms with Crippen molar-refractivity contribution in [2.24, 2.45) is 18.0 Å². The van der Waals surface area contributed by atoms with Crippen molar-refractivity contribution >= 4 is 40.0 Å². The van der Waals surface area contributed by atoms with E-state index in [9.17, 15) is 8.42 Å². The predicted molar refractivity (Wildman–Crippen MR) is 123 cm³/mol. The number of likely N-dealkylation sites (tertiary alicyclic amines) is 1. The second-order valence-electron chi connectivity index (χ2n) is 7.68. The molecule has 1 aromatic rings. The molecule has 2 aliphatic heterocycles. The van der Waals surface area contributed by atoms with Crippen molar-refractivity contribution in [2.45, 2.75) is 32.1 Å². The van der Waals surface area contributed by atoms with E-state index in [2.05, 4.69) is 28.4 Å². The molecule has 3 heterocycles. The van der Waals surface area contributed by atoms with Crippen LogP contribution in [0, 0.1) is 5.92 Å². The first kappa shape index (κ1) is 23.4. The third-order valence-electron chi connectivity index (χ3n) is 5.56. The van der Waals surface area contributed by atoms with E-state index >= 15 is 0 Å². The molecule has 1 aromatic heterocycles. The van der Waals surface area contributed by atoms with Gasteiger partial charge in [-0.25, -0.2) is 12.7 Å². The van der Waals surface area contributed by atoms with Gasteiger partial charge in [0, 0.05) is 58.4 Å². The van der Waals surface area contributed by atoms with Crippen LogP contribution in [0.4, 0.5) is 0 Å². The van der Waals surface area contributed by atoms with Gasteiger partial charge in [0.05, 0.1) is 12.5 Å². The van der Waals surface area contributed by atoms with Crippen LogP contribution in [0.15, 0.2) is 17.4 Å². The van der Waals surface area contributed by atoms with Crippen molar-refractivity contribution in [3.8, 4) is 0 Å². The number of aliphatic imine (C=N–C) groups is 1. The summed E-state index contributed by atoms with van der Waals surface area (Å²) in [5.41, 5.74) is 1.30. The lowest BCUT2D eigenvalue weighted by molar-refractivity contribution is 0.279. The van der Waals surface area contributed by atoms with E-state index in [1.165, 1.54) is 11.8 Å². The van der Waals surface area contributed by atoms with Gasteiger partial charge in [-0.05, 0) is 37.7 Å². The summed E-state index contributed by atoms with van der Waals surface area (Å²) in [7, 11) is -1.11. The molecule has 10 heteroatoms. The highest BCUT2D eigenvalue weighted by Gasteiger charge is 2.28. The Morgan fingerprint density at radius 3 is 2.57 bits per heavy atom. The summed E-state index contributed by atoms with van der Waals surface area (Å²) < 4.78 is 26.7. The number of aryl methyl sites for hydroxylation is 1. The van der Waals surface area contributed by atoms with E-state index in [0.717, 1.165) is 51.4 Å². The molecular formula is C18H33IN6O2S. The molecule has 160 valence electrons. The summed E-state index contributed by atoms with van der Waals surface area (Å²) in [5.74, 6) is 1.93. The maximum atomic E-state index is 11.6. The highest BCUT2D eigenvalue weighted by atomic mass is 127. The van der Waals surface area contributed by atoms with Crippen LogP contribution in [-0.2, 0) is 17.1 Å². The summed E-state index contributed by atoms with van der Waals surface area (Å²) in [6.07, 6.45) is 8.24. The third-order valence-corrected chi connectivity index (χ3v) is 6.86. The molecule has 8 nitrogen and oxygen atoms in total. The SMILES string of the molecule is CCNC(=NCC1CCN(S(C)(=O)=O)CC1)N1CCC(c2cnn(C)c2)C1.I. The zero-order chi connectivity index (χ0) is 19.4. The summed E-state index contributed by atoms with van der Waals surface area (Å²) in [5, 5.41) is 7.72. The molecule has 1 atom stereocenters. The Balaban J connectivity index is 0.00000280. The van der Waals surface area contributed by atoms with Gasteiger partial charge in [0.15, 0.2) is 5.96 Å². The Bertz CT molecular complexity index is 758. The van der Waals surface area contributed by atoms with Crippen molar-refractivity contribution in [3.63, 3.8) is 0 Å². The van der Waals surface area contributed by atoms with Gasteiger partial charge in [0.1, 0.15) is 0 Å². The van der Waals surface area contributed by atoms with Gasteiger partial charge in [0.25, 0.3) is 0 Å². The largest absolute Gasteiger partial charge is 0.357 e. The number of halogens is 1. The summed E-state index contributed by atoms with van der Waals surface area (Å²) in [6.45, 7) is 6.88. The molecule has 28 heavy (non-hydrogen) atoms. The Morgan fingerprint density at radius 2 is 2.00 bits per heavy atom. The van der Waals surface area contributed by atoms with E-state index in [4.69, 9.17) is 4.99 Å². The standard InChI is InChI=1S/C18H32N6O2S.HI/c1-4-19-18(20-11-15-5-9-24(10-6-15)27(3,25)26)23-8-7-16(14-23)17-12-21-22(2)13-17;/h12-13,15-16H,4-11,14H2,1-3H3,(H,19,20);1H. The number of guanidine groups is 1. The topological polar surface area (TPSA) is 82.8 Å². The molecule has 1 unspecified atom stereocenters. The lowest BCUT2D eigenvalue weighted by atomic mass is 9.98. The van der Waals surface area contributed by atoms with Gasteiger partial charge >= 0.3 is 0 Å². The zero-order valence-electron chi connectivity index (χ0n) is 17.0. The van der Waals surface area contributed by atoms with Gasteiger partial charge in [0.2, 0.25) is 10.0 Å². The quantitative estimate of drug-likeness (QED) is 0.359. The molecule has 0 radical (unpaired) electrons. The molecule has 1 N–H and O–H groups in total. The number of aromatic nitrogens is 2. The predicted octanol–water partition coefficient (Wildman–Crippen LogP) is 1.46. The Kier molecular flexibility index (Phi) is 8.56. The molecule has 2 aliphatic rings. The fourth-order valence-electron chi connectivity index (χ4n) is 3.94. The number of nitrogens with zero attached hydrogens (tertiary/aromatic N) is 5. The fourth-order valence-corrected chi connectivity index (χ4v) is 4.81. The first-order valence-electron chi connectivity index (χ1n) is 9.83. The maximum Gasteiger partial charge on any atom is 0.211 e. The van der Waals surface area contributed by atoms with E-state index in [1.54, 1.807) is 4.31 Å². The zero-order valence-corrected chi connectivity index (χ0v) is 20.2. The van der Waals surface area contributed by atoms with Crippen molar-refractivity contribution in [1.29, 1.82) is 0 Å². The highest BCUT2D eigenvalue weighted by Crippen LogP contribution is 2.27. The van der Waals surface area contributed by atoms with E-state index in [1.807, 2.05) is 17.9 Å². The maximum absolute atomic E-state index is 11.6. The smallest absolute Gasteiger partial charge is 0.211 e. The number of sulfonamides is 1. The van der Waals surface area contributed by atoms with Crippen molar-refractivity contribution in [3.05, 3.63) is 18.0 Å². The molecule has 0 saturated carbocycles. The van der Waals surface area contributed by atoms with Crippen molar-refractivity contribution in [1.82, 2.24) is 24.3 Å². The van der Waals surface area contributed by atoms with E-state index < -0.39 is 10.0 Å². The molecule has 2 saturated heterocycles. The lowest BCUT2D eigenvalue weighted by Crippen LogP contribution is -2.41. The number of rotatable bonds is 5. The average Bonchev–Trinajstić information content (AvgIpc) is 3.27. The Morgan fingerprint density at radius 1 is 1.29 bits per heavy atom. The summed E-state index contributed by atoms with van der Waals surface area (Å²) >= 11 is 0. The van der Waals surface area contributed by atoms with Crippen LogP contribution < -0.4 is 5.32 Å². The fraction of sp³-hybridized carbons (Fsp3) is 0.778. The molecule has 0 bridgehead atoms. The van der Waals surface area contributed by atoms with Crippen LogP contribution in [0.3, 0.4) is 0 Å². The molecule has 0 amide bonds. The van der Waals surface area contributed by atoms with Crippen LogP contribution in [0.1, 0.15) is 37.7 Å². The minimum absolute atomic E-state index is 0. The number of nitrogens with one attached hydrogen (secondary N) is 1. The molecule has 0 aliphatic carbocycles. The van der Waals surface area contributed by atoms with Crippen molar-refractivity contribution < 1.29 is 8.42 Å². The second kappa shape index (κ2) is 10.2. The van der Waals surface area contributed by atoms with Crippen LogP contribution in [0.2, 0.25) is 0 Å². The average molecular weight is 524 g/mol. The second-order valence-corrected chi connectivity index (χ2v) is 9.66. The lowest BCUT2D eigenvalue weighted by Gasteiger charge is -2.30. The first-order valence-corrected chi connectivity index (χ1v) is 11.7. The van der Waals surface area contributed by atoms with Gasteiger partial charge in [-0.1, -0.05) is 0 Å². The molecule has 2 fully saturated rings. The van der Waals surface area contributed by atoms with Gasteiger partial charge in [-0.15, -0.1) is 24.0 Å². The van der Waals surface area contributed by atoms with Crippen molar-refractivity contribution in [2.75, 3.05) is 45.5 Å². The Labute approximate surface area is 185 Å². The minimum atomic E-state index is -3.06. The highest BCUT2D eigenvalue weighted by molar-refractivity contribution is 14.0. The summed E-state index contributed by atoms with van der Waals surface area (Å²) in [6, 6.07) is 0. The van der Waals surface area contributed by atoms with Crippen LogP contribution in [0.25, 0.3) is 0 Å². The van der Waals surface area contributed by atoms with Gasteiger partial charge in [-0.2, -0.15) is 5.10 Å². The van der Waals surface area contributed by atoms with E-state index in [0.29, 0.717) is 24.9 Å². The Hall–Kier alpha value is -0.880. The minimum Gasteiger partial charge on any atom is -0.357 e. The molecule has 0 spiro atoms. The first-order chi connectivity index (χ1) is 12.9. The van der Waals surface area contributed by atoms with Gasteiger partial charge < -0.3 is 10.2 Å². The number of hydrogen-bond donors (Lipinski definition) is 1. The molecule has 3 rings (SSSR count). The number of hydrogen-bond acceptors (Lipinski definition) is 4. The van der Waals surface area contributed by atoms with Crippen LogP contribution in [-0.4, -0.2) is 78.9 Å². The van der Waals surface area contributed by atoms with Crippen LogP contribution in [0.5, 0.6) is 0 Å². The third kappa shape index (κ3) is 6.06. The monoisotopic (exact) mass is 524 g/mol. The summed E-state index contributed by atoms with van der Waals surface area (Å²) in [4.78, 5) is 7.22. The normalized spacial score (nSPS) is 22.3. The number of piperidine rings is 1. The van der Waals surface area contributed by atoms with Gasteiger partial charge in [-0.3, -0.25) is 9.67 Å².